The summed E-state index contributed by atoms with van der Waals surface area (Å²) in [5.74, 6) is -0.236. The summed E-state index contributed by atoms with van der Waals surface area (Å²) in [7, 11) is 0. The quantitative estimate of drug-likeness (QED) is 0.767. The summed E-state index contributed by atoms with van der Waals surface area (Å²) in [4.78, 5) is 18.8. The largest absolute Gasteiger partial charge is 0.380 e. The van der Waals surface area contributed by atoms with E-state index in [0.29, 0.717) is 12.1 Å². The maximum atomic E-state index is 13.4. The van der Waals surface area contributed by atoms with Gasteiger partial charge in [0.25, 0.3) is 5.91 Å². The lowest BCUT2D eigenvalue weighted by Gasteiger charge is -2.33. The smallest absolute Gasteiger partial charge is 0.253 e. The van der Waals surface area contributed by atoms with Gasteiger partial charge in [-0.25, -0.2) is 9.37 Å². The highest BCUT2D eigenvalue weighted by Gasteiger charge is 2.24. The molecule has 0 spiro atoms. The summed E-state index contributed by atoms with van der Waals surface area (Å²) in [5, 5.41) is 3.34. The van der Waals surface area contributed by atoms with Crippen molar-refractivity contribution in [3.05, 3.63) is 78.6 Å². The molecule has 0 bridgehead atoms. The third-order valence-electron chi connectivity index (χ3n) is 4.82. The van der Waals surface area contributed by atoms with E-state index in [1.807, 2.05) is 46.0 Å². The normalized spacial score (nSPS) is 16.9. The SMILES string of the molecule is O=C(c1ccc(-n2ccnc2)cc1)N1CCC[C@@H](Nc2cccc(F)c2)C1. The molecular formula is C21H21FN4O. The molecule has 1 fully saturated rings. The molecule has 1 atom stereocenters. The number of hydrogen-bond acceptors (Lipinski definition) is 3. The summed E-state index contributed by atoms with van der Waals surface area (Å²) in [6.07, 6.45) is 7.19. The Balaban J connectivity index is 1.42. The van der Waals surface area contributed by atoms with Gasteiger partial charge >= 0.3 is 0 Å². The van der Waals surface area contributed by atoms with Gasteiger partial charge in [-0.1, -0.05) is 6.07 Å². The topological polar surface area (TPSA) is 50.2 Å². The van der Waals surface area contributed by atoms with E-state index in [2.05, 4.69) is 10.3 Å². The number of likely N-dealkylation sites (tertiary alicyclic amines) is 1. The van der Waals surface area contributed by atoms with Gasteiger partial charge in [0.2, 0.25) is 0 Å². The monoisotopic (exact) mass is 364 g/mol. The Kier molecular flexibility index (Phi) is 4.87. The van der Waals surface area contributed by atoms with Crippen LogP contribution in [0.1, 0.15) is 23.2 Å². The van der Waals surface area contributed by atoms with Crippen molar-refractivity contribution < 1.29 is 9.18 Å². The van der Waals surface area contributed by atoms with Crippen LogP contribution in [0, 0.1) is 5.82 Å². The molecule has 5 nitrogen and oxygen atoms in total. The zero-order valence-electron chi connectivity index (χ0n) is 14.9. The first-order valence-corrected chi connectivity index (χ1v) is 9.09. The molecule has 0 unspecified atom stereocenters. The lowest BCUT2D eigenvalue weighted by molar-refractivity contribution is 0.0715. The predicted octanol–water partition coefficient (Wildman–Crippen LogP) is 3.73. The van der Waals surface area contributed by atoms with Crippen molar-refractivity contribution in [3.8, 4) is 5.69 Å². The second-order valence-electron chi connectivity index (χ2n) is 6.76. The minimum Gasteiger partial charge on any atom is -0.380 e. The maximum absolute atomic E-state index is 13.4. The number of anilines is 1. The van der Waals surface area contributed by atoms with Gasteiger partial charge < -0.3 is 14.8 Å². The highest BCUT2D eigenvalue weighted by atomic mass is 19.1. The number of nitrogens with zero attached hydrogens (tertiary/aromatic N) is 3. The number of rotatable bonds is 4. The Labute approximate surface area is 157 Å². The summed E-state index contributed by atoms with van der Waals surface area (Å²) in [5.41, 5.74) is 2.39. The molecule has 1 aliphatic heterocycles. The number of nitrogens with one attached hydrogen (secondary N) is 1. The summed E-state index contributed by atoms with van der Waals surface area (Å²) in [6.45, 7) is 1.35. The van der Waals surface area contributed by atoms with E-state index in [4.69, 9.17) is 0 Å². The maximum Gasteiger partial charge on any atom is 0.253 e. The number of benzene rings is 2. The molecule has 0 aliphatic carbocycles. The fourth-order valence-corrected chi connectivity index (χ4v) is 3.46. The number of hydrogen-bond donors (Lipinski definition) is 1. The van der Waals surface area contributed by atoms with Gasteiger partial charge in [-0.05, 0) is 55.3 Å². The fraction of sp³-hybridized carbons (Fsp3) is 0.238. The molecule has 6 heteroatoms. The van der Waals surface area contributed by atoms with Crippen molar-refractivity contribution in [1.29, 1.82) is 0 Å². The van der Waals surface area contributed by atoms with E-state index in [-0.39, 0.29) is 17.8 Å². The number of carbonyl (C=O) groups is 1. The molecule has 1 N–H and O–H groups in total. The summed E-state index contributed by atoms with van der Waals surface area (Å²) >= 11 is 0. The van der Waals surface area contributed by atoms with Crippen LogP contribution in [0.4, 0.5) is 10.1 Å². The molecule has 2 heterocycles. The van der Waals surface area contributed by atoms with Crippen LogP contribution in [0.2, 0.25) is 0 Å². The Hall–Kier alpha value is -3.15. The summed E-state index contributed by atoms with van der Waals surface area (Å²) in [6, 6.07) is 14.1. The van der Waals surface area contributed by atoms with Gasteiger partial charge in [0.05, 0.1) is 6.33 Å². The number of aromatic nitrogens is 2. The molecule has 3 aromatic rings. The molecule has 27 heavy (non-hydrogen) atoms. The average molecular weight is 364 g/mol. The van der Waals surface area contributed by atoms with Crippen molar-refractivity contribution >= 4 is 11.6 Å². The van der Waals surface area contributed by atoms with Crippen molar-refractivity contribution in [3.63, 3.8) is 0 Å². The molecule has 1 amide bonds. The van der Waals surface area contributed by atoms with Crippen LogP contribution in [-0.2, 0) is 0 Å². The third-order valence-corrected chi connectivity index (χ3v) is 4.82. The van der Waals surface area contributed by atoms with Crippen LogP contribution < -0.4 is 5.32 Å². The first kappa shape index (κ1) is 17.3. The van der Waals surface area contributed by atoms with E-state index in [0.717, 1.165) is 30.8 Å². The van der Waals surface area contributed by atoms with E-state index in [9.17, 15) is 9.18 Å². The Bertz CT molecular complexity index is 908. The standard InChI is InChI=1S/C21H21FN4O/c22-17-3-1-4-18(13-17)24-19-5-2-11-25(14-19)21(27)16-6-8-20(9-7-16)26-12-10-23-15-26/h1,3-4,6-10,12-13,15,19,24H,2,5,11,14H2/t19-/m1/s1. The van der Waals surface area contributed by atoms with E-state index in [1.165, 1.54) is 12.1 Å². The van der Waals surface area contributed by atoms with Crippen molar-refractivity contribution in [2.24, 2.45) is 0 Å². The second-order valence-corrected chi connectivity index (χ2v) is 6.76. The molecule has 1 aliphatic rings. The number of halogens is 1. The van der Waals surface area contributed by atoms with E-state index in [1.54, 1.807) is 18.6 Å². The molecule has 0 saturated carbocycles. The Morgan fingerprint density at radius 2 is 2.04 bits per heavy atom. The molecule has 2 aromatic carbocycles. The van der Waals surface area contributed by atoms with Gasteiger partial charge in [0.1, 0.15) is 5.82 Å². The highest BCUT2D eigenvalue weighted by molar-refractivity contribution is 5.94. The van der Waals surface area contributed by atoms with Gasteiger partial charge in [0, 0.05) is 48.5 Å². The van der Waals surface area contributed by atoms with Gasteiger partial charge in [-0.3, -0.25) is 4.79 Å². The molecule has 0 radical (unpaired) electrons. The fourth-order valence-electron chi connectivity index (χ4n) is 3.46. The van der Waals surface area contributed by atoms with Crippen molar-refractivity contribution in [2.75, 3.05) is 18.4 Å². The van der Waals surface area contributed by atoms with Gasteiger partial charge in [-0.15, -0.1) is 0 Å². The lowest BCUT2D eigenvalue weighted by Crippen LogP contribution is -2.45. The Morgan fingerprint density at radius 3 is 2.78 bits per heavy atom. The average Bonchev–Trinajstić information content (AvgIpc) is 3.23. The summed E-state index contributed by atoms with van der Waals surface area (Å²) < 4.78 is 15.3. The Morgan fingerprint density at radius 1 is 1.19 bits per heavy atom. The first-order valence-electron chi connectivity index (χ1n) is 9.09. The van der Waals surface area contributed by atoms with Crippen LogP contribution in [-0.4, -0.2) is 39.5 Å². The first-order chi connectivity index (χ1) is 13.2. The lowest BCUT2D eigenvalue weighted by atomic mass is 10.0. The molecule has 138 valence electrons. The zero-order valence-corrected chi connectivity index (χ0v) is 14.9. The molecule has 1 aromatic heterocycles. The van der Waals surface area contributed by atoms with Gasteiger partial charge in [0.15, 0.2) is 0 Å². The third kappa shape index (κ3) is 4.00. The van der Waals surface area contributed by atoms with E-state index >= 15 is 0 Å². The van der Waals surface area contributed by atoms with Crippen LogP contribution in [0.3, 0.4) is 0 Å². The van der Waals surface area contributed by atoms with Crippen molar-refractivity contribution in [1.82, 2.24) is 14.5 Å². The zero-order chi connectivity index (χ0) is 18.6. The number of carbonyl (C=O) groups excluding carboxylic acids is 1. The number of piperidine rings is 1. The van der Waals surface area contributed by atoms with Crippen molar-refractivity contribution in [2.45, 2.75) is 18.9 Å². The van der Waals surface area contributed by atoms with Crippen LogP contribution in [0.25, 0.3) is 5.69 Å². The molecular weight excluding hydrogens is 343 g/mol. The molecule has 1 saturated heterocycles. The van der Waals surface area contributed by atoms with Gasteiger partial charge in [-0.2, -0.15) is 0 Å². The van der Waals surface area contributed by atoms with Crippen LogP contribution in [0.15, 0.2) is 67.3 Å². The number of imidazole rings is 1. The highest BCUT2D eigenvalue weighted by Crippen LogP contribution is 2.19. The number of amides is 1. The van der Waals surface area contributed by atoms with Crippen LogP contribution in [0.5, 0.6) is 0 Å². The molecule has 4 rings (SSSR count). The minimum absolute atomic E-state index is 0.0259. The second kappa shape index (κ2) is 7.61. The minimum atomic E-state index is -0.262. The van der Waals surface area contributed by atoms with E-state index < -0.39 is 0 Å². The van der Waals surface area contributed by atoms with Crippen LogP contribution >= 0.6 is 0 Å². The predicted molar refractivity (Wildman–Crippen MR) is 103 cm³/mol.